The fourth-order valence-electron chi connectivity index (χ4n) is 2.04. The van der Waals surface area contributed by atoms with E-state index in [1.165, 1.54) is 17.0 Å². The molecule has 1 aliphatic rings. The molecule has 1 aromatic rings. The molecule has 0 unspecified atom stereocenters. The van der Waals surface area contributed by atoms with Crippen LogP contribution in [0, 0.1) is 0 Å². The van der Waals surface area contributed by atoms with Crippen LogP contribution in [-0.2, 0) is 11.0 Å². The topological polar surface area (TPSA) is 53.4 Å². The number of pyridine rings is 1. The molecule has 0 amide bonds. The first-order chi connectivity index (χ1) is 8.39. The lowest BCUT2D eigenvalue weighted by atomic mass is 10.2. The maximum absolute atomic E-state index is 12.5. The number of anilines is 1. The molecule has 0 aromatic carbocycles. The Morgan fingerprint density at radius 2 is 2.17 bits per heavy atom. The second-order valence-corrected chi connectivity index (χ2v) is 4.07. The van der Waals surface area contributed by atoms with Crippen molar-refractivity contribution in [3.8, 4) is 0 Å². The minimum atomic E-state index is -4.52. The summed E-state index contributed by atoms with van der Waals surface area (Å²) >= 11 is 0. The molecule has 0 aliphatic carbocycles. The van der Waals surface area contributed by atoms with Crippen LogP contribution in [0.15, 0.2) is 18.2 Å². The first-order valence-electron chi connectivity index (χ1n) is 5.43. The van der Waals surface area contributed by atoms with Gasteiger partial charge in [0.25, 0.3) is 0 Å². The number of hydrogen-bond donors (Lipinski definition) is 1. The maximum atomic E-state index is 12.5. The summed E-state index contributed by atoms with van der Waals surface area (Å²) in [6.45, 7) is 0.408. The minimum Gasteiger partial charge on any atom is -0.480 e. The summed E-state index contributed by atoms with van der Waals surface area (Å²) in [5.41, 5.74) is -1.00. The van der Waals surface area contributed by atoms with Crippen molar-refractivity contribution in [2.45, 2.75) is 25.1 Å². The summed E-state index contributed by atoms with van der Waals surface area (Å²) in [6, 6.07) is 2.72. The van der Waals surface area contributed by atoms with Crippen LogP contribution in [0.3, 0.4) is 0 Å². The number of carbonyl (C=O) groups is 1. The summed E-state index contributed by atoms with van der Waals surface area (Å²) in [7, 11) is 0. The average molecular weight is 260 g/mol. The molecule has 98 valence electrons. The van der Waals surface area contributed by atoms with Crippen LogP contribution in [0.5, 0.6) is 0 Å². The van der Waals surface area contributed by atoms with Crippen LogP contribution in [0.2, 0.25) is 0 Å². The van der Waals surface area contributed by atoms with Gasteiger partial charge in [0.1, 0.15) is 17.6 Å². The van der Waals surface area contributed by atoms with E-state index in [9.17, 15) is 18.0 Å². The average Bonchev–Trinajstić information content (AvgIpc) is 2.77. The Kier molecular flexibility index (Phi) is 3.14. The molecular formula is C11H11F3N2O2. The van der Waals surface area contributed by atoms with E-state index in [-0.39, 0.29) is 5.82 Å². The van der Waals surface area contributed by atoms with Crippen molar-refractivity contribution in [3.05, 3.63) is 23.9 Å². The monoisotopic (exact) mass is 260 g/mol. The Morgan fingerprint density at radius 1 is 1.44 bits per heavy atom. The third-order valence-corrected chi connectivity index (χ3v) is 2.86. The Morgan fingerprint density at radius 3 is 2.78 bits per heavy atom. The van der Waals surface area contributed by atoms with Crippen LogP contribution in [0.4, 0.5) is 19.0 Å². The van der Waals surface area contributed by atoms with E-state index in [4.69, 9.17) is 5.11 Å². The van der Waals surface area contributed by atoms with Crippen LogP contribution >= 0.6 is 0 Å². The van der Waals surface area contributed by atoms with Gasteiger partial charge in [-0.1, -0.05) is 6.07 Å². The smallest absolute Gasteiger partial charge is 0.433 e. The van der Waals surface area contributed by atoms with Gasteiger partial charge in [-0.2, -0.15) is 13.2 Å². The van der Waals surface area contributed by atoms with E-state index in [0.717, 1.165) is 6.07 Å². The lowest BCUT2D eigenvalue weighted by Crippen LogP contribution is -2.36. The van der Waals surface area contributed by atoms with Crippen molar-refractivity contribution in [2.24, 2.45) is 0 Å². The predicted molar refractivity (Wildman–Crippen MR) is 57.2 cm³/mol. The first kappa shape index (κ1) is 12.7. The number of rotatable bonds is 2. The second kappa shape index (κ2) is 4.47. The van der Waals surface area contributed by atoms with Gasteiger partial charge in [0.15, 0.2) is 0 Å². The van der Waals surface area contributed by atoms with E-state index < -0.39 is 23.9 Å². The second-order valence-electron chi connectivity index (χ2n) is 4.07. The van der Waals surface area contributed by atoms with E-state index in [1.807, 2.05) is 0 Å². The molecule has 1 N–H and O–H groups in total. The largest absolute Gasteiger partial charge is 0.480 e. The summed E-state index contributed by atoms with van der Waals surface area (Å²) in [4.78, 5) is 15.9. The molecule has 18 heavy (non-hydrogen) atoms. The van der Waals surface area contributed by atoms with Gasteiger partial charge in [-0.05, 0) is 25.0 Å². The molecule has 0 saturated carbocycles. The molecule has 0 radical (unpaired) electrons. The Bertz CT molecular complexity index is 462. The lowest BCUT2D eigenvalue weighted by Gasteiger charge is -2.23. The van der Waals surface area contributed by atoms with Crippen molar-refractivity contribution in [2.75, 3.05) is 11.4 Å². The number of hydrogen-bond acceptors (Lipinski definition) is 3. The zero-order valence-corrected chi connectivity index (χ0v) is 9.31. The third-order valence-electron chi connectivity index (χ3n) is 2.86. The summed E-state index contributed by atoms with van der Waals surface area (Å²) in [5.74, 6) is -0.971. The van der Waals surface area contributed by atoms with Crippen molar-refractivity contribution in [3.63, 3.8) is 0 Å². The summed E-state index contributed by atoms with van der Waals surface area (Å²) < 4.78 is 37.5. The van der Waals surface area contributed by atoms with E-state index in [2.05, 4.69) is 4.98 Å². The third kappa shape index (κ3) is 2.39. The molecule has 2 rings (SSSR count). The standard InChI is InChI=1S/C11H11F3N2O2/c12-11(13,14)8-4-1-5-9(15-8)16-6-2-3-7(16)10(17)18/h1,4-5,7H,2-3,6H2,(H,17,18)/t7-/m1/s1. The number of nitrogens with zero attached hydrogens (tertiary/aromatic N) is 2. The molecule has 1 atom stereocenters. The SMILES string of the molecule is O=C(O)[C@H]1CCCN1c1cccc(C(F)(F)F)n1. The number of halogens is 3. The van der Waals surface area contributed by atoms with Crippen LogP contribution in [0.1, 0.15) is 18.5 Å². The van der Waals surface area contributed by atoms with Crippen molar-refractivity contribution >= 4 is 11.8 Å². The predicted octanol–water partition coefficient (Wildman–Crippen LogP) is 2.15. The van der Waals surface area contributed by atoms with Gasteiger partial charge in [-0.3, -0.25) is 0 Å². The number of alkyl halides is 3. The summed E-state index contributed by atoms with van der Waals surface area (Å²) in [6.07, 6.45) is -3.46. The van der Waals surface area contributed by atoms with Crippen molar-refractivity contribution in [1.29, 1.82) is 0 Å². The first-order valence-corrected chi connectivity index (χ1v) is 5.43. The van der Waals surface area contributed by atoms with Crippen LogP contribution in [-0.4, -0.2) is 28.6 Å². The van der Waals surface area contributed by atoms with Crippen molar-refractivity contribution < 1.29 is 23.1 Å². The van der Waals surface area contributed by atoms with E-state index >= 15 is 0 Å². The van der Waals surface area contributed by atoms with E-state index in [0.29, 0.717) is 19.4 Å². The van der Waals surface area contributed by atoms with Gasteiger partial charge in [-0.15, -0.1) is 0 Å². The number of carboxylic acid groups (broad SMARTS) is 1. The Balaban J connectivity index is 2.31. The zero-order chi connectivity index (χ0) is 13.3. The number of aromatic nitrogens is 1. The van der Waals surface area contributed by atoms with Gasteiger partial charge in [0.2, 0.25) is 0 Å². The van der Waals surface area contributed by atoms with Crippen LogP contribution in [0.25, 0.3) is 0 Å². The van der Waals surface area contributed by atoms with Crippen molar-refractivity contribution in [1.82, 2.24) is 4.98 Å². The fraction of sp³-hybridized carbons (Fsp3) is 0.455. The molecule has 1 fully saturated rings. The molecule has 1 aromatic heterocycles. The van der Waals surface area contributed by atoms with Gasteiger partial charge in [-0.25, -0.2) is 9.78 Å². The number of aliphatic carboxylic acids is 1. The van der Waals surface area contributed by atoms with Gasteiger partial charge in [0, 0.05) is 6.54 Å². The highest BCUT2D eigenvalue weighted by atomic mass is 19.4. The Labute approximate surface area is 101 Å². The van der Waals surface area contributed by atoms with Gasteiger partial charge >= 0.3 is 12.1 Å². The Hall–Kier alpha value is -1.79. The fourth-order valence-corrected chi connectivity index (χ4v) is 2.04. The van der Waals surface area contributed by atoms with Gasteiger partial charge in [0.05, 0.1) is 0 Å². The molecule has 0 spiro atoms. The highest BCUT2D eigenvalue weighted by molar-refractivity contribution is 5.78. The minimum absolute atomic E-state index is 0.0646. The molecular weight excluding hydrogens is 249 g/mol. The quantitative estimate of drug-likeness (QED) is 0.885. The van der Waals surface area contributed by atoms with Gasteiger partial charge < -0.3 is 10.0 Å². The molecule has 0 bridgehead atoms. The summed E-state index contributed by atoms with van der Waals surface area (Å²) in [5, 5.41) is 8.98. The zero-order valence-electron chi connectivity index (χ0n) is 9.31. The normalized spacial score (nSPS) is 20.2. The number of carboxylic acids is 1. The lowest BCUT2D eigenvalue weighted by molar-refractivity contribution is -0.141. The molecule has 7 heteroatoms. The van der Waals surface area contributed by atoms with Crippen LogP contribution < -0.4 is 4.90 Å². The van der Waals surface area contributed by atoms with E-state index in [1.54, 1.807) is 0 Å². The molecule has 4 nitrogen and oxygen atoms in total. The highest BCUT2D eigenvalue weighted by Gasteiger charge is 2.35. The molecule has 1 aliphatic heterocycles. The maximum Gasteiger partial charge on any atom is 0.433 e. The molecule has 2 heterocycles. The molecule has 1 saturated heterocycles. The highest BCUT2D eigenvalue weighted by Crippen LogP contribution is 2.30.